The smallest absolute Gasteiger partial charge is 0.246 e. The lowest BCUT2D eigenvalue weighted by atomic mass is 10.2. The second-order valence-electron chi connectivity index (χ2n) is 4.80. The minimum absolute atomic E-state index is 0.0686. The maximum Gasteiger partial charge on any atom is 0.246 e. The van der Waals surface area contributed by atoms with Gasteiger partial charge in [0, 0.05) is 18.8 Å². The van der Waals surface area contributed by atoms with E-state index in [0.29, 0.717) is 18.0 Å². The van der Waals surface area contributed by atoms with Gasteiger partial charge in [-0.3, -0.25) is 0 Å². The largest absolute Gasteiger partial charge is 0.492 e. The Hall–Kier alpha value is -1.27. The molecule has 0 saturated heterocycles. The van der Waals surface area contributed by atoms with Crippen molar-refractivity contribution in [1.29, 1.82) is 0 Å². The molecule has 0 aliphatic carbocycles. The van der Waals surface area contributed by atoms with Crippen molar-refractivity contribution in [2.45, 2.75) is 44.6 Å². The number of nitrogens with two attached hydrogens (primary N) is 1. The van der Waals surface area contributed by atoms with Gasteiger partial charge in [-0.25, -0.2) is 8.42 Å². The molecule has 1 aromatic rings. The Bertz CT molecular complexity index is 543. The molecule has 0 heterocycles. The van der Waals surface area contributed by atoms with Crippen molar-refractivity contribution < 1.29 is 13.2 Å². The Morgan fingerprint density at radius 3 is 2.55 bits per heavy atom. The zero-order valence-corrected chi connectivity index (χ0v) is 13.4. The Balaban J connectivity index is 3.23. The summed E-state index contributed by atoms with van der Waals surface area (Å²) < 4.78 is 32.2. The Morgan fingerprint density at radius 1 is 1.35 bits per heavy atom. The molecule has 5 nitrogen and oxygen atoms in total. The first-order valence-corrected chi connectivity index (χ1v) is 8.28. The van der Waals surface area contributed by atoms with E-state index >= 15 is 0 Å². The van der Waals surface area contributed by atoms with Gasteiger partial charge in [0.1, 0.15) is 10.6 Å². The summed E-state index contributed by atoms with van der Waals surface area (Å²) in [6.45, 7) is 6.15. The Kier molecular flexibility index (Phi) is 5.83. The predicted octanol–water partition coefficient (Wildman–Crippen LogP) is 2.48. The molecule has 2 N–H and O–H groups in total. The van der Waals surface area contributed by atoms with Crippen molar-refractivity contribution in [3.05, 3.63) is 18.2 Å². The number of sulfonamides is 1. The van der Waals surface area contributed by atoms with Gasteiger partial charge in [0.25, 0.3) is 0 Å². The molecule has 114 valence electrons. The molecular formula is C14H24N2O3S. The highest BCUT2D eigenvalue weighted by molar-refractivity contribution is 7.89. The number of benzene rings is 1. The number of anilines is 1. The molecule has 0 spiro atoms. The zero-order valence-electron chi connectivity index (χ0n) is 12.6. The molecule has 0 saturated carbocycles. The van der Waals surface area contributed by atoms with Gasteiger partial charge in [-0.15, -0.1) is 0 Å². The van der Waals surface area contributed by atoms with E-state index in [4.69, 9.17) is 10.5 Å². The fourth-order valence-corrected chi connectivity index (χ4v) is 3.55. The van der Waals surface area contributed by atoms with Crippen molar-refractivity contribution in [3.63, 3.8) is 0 Å². The quantitative estimate of drug-likeness (QED) is 0.785. The van der Waals surface area contributed by atoms with Crippen LogP contribution in [0.2, 0.25) is 0 Å². The Morgan fingerprint density at radius 2 is 2.00 bits per heavy atom. The summed E-state index contributed by atoms with van der Waals surface area (Å²) in [6.07, 6.45) is 1.73. The molecule has 1 atom stereocenters. The first kappa shape index (κ1) is 16.8. The molecule has 0 aromatic heterocycles. The van der Waals surface area contributed by atoms with E-state index in [1.54, 1.807) is 19.2 Å². The first-order chi connectivity index (χ1) is 9.34. The van der Waals surface area contributed by atoms with Crippen LogP contribution in [-0.4, -0.2) is 32.4 Å². The van der Waals surface area contributed by atoms with Crippen LogP contribution in [0, 0.1) is 0 Å². The van der Waals surface area contributed by atoms with Gasteiger partial charge in [0.2, 0.25) is 10.0 Å². The Labute approximate surface area is 121 Å². The third-order valence-electron chi connectivity index (χ3n) is 3.25. The van der Waals surface area contributed by atoms with Crippen LogP contribution in [0.1, 0.15) is 33.6 Å². The van der Waals surface area contributed by atoms with E-state index in [0.717, 1.165) is 12.8 Å². The molecule has 0 aliphatic rings. The SMILES string of the molecule is CCCC(C)N(C)S(=O)(=O)c1cc(N)ccc1OCC. The lowest BCUT2D eigenvalue weighted by molar-refractivity contribution is 0.326. The lowest BCUT2D eigenvalue weighted by Gasteiger charge is -2.25. The molecule has 1 rings (SSSR count). The van der Waals surface area contributed by atoms with Crippen molar-refractivity contribution >= 4 is 15.7 Å². The summed E-state index contributed by atoms with van der Waals surface area (Å²) >= 11 is 0. The molecule has 6 heteroatoms. The average Bonchev–Trinajstić information content (AvgIpc) is 2.40. The summed E-state index contributed by atoms with van der Waals surface area (Å²) in [4.78, 5) is 0.129. The average molecular weight is 300 g/mol. The van der Waals surface area contributed by atoms with Gasteiger partial charge in [-0.1, -0.05) is 13.3 Å². The monoisotopic (exact) mass is 300 g/mol. The highest BCUT2D eigenvalue weighted by Gasteiger charge is 2.28. The maximum atomic E-state index is 12.7. The first-order valence-electron chi connectivity index (χ1n) is 6.84. The van der Waals surface area contributed by atoms with Crippen molar-refractivity contribution in [3.8, 4) is 5.75 Å². The number of rotatable bonds is 7. The summed E-state index contributed by atoms with van der Waals surface area (Å²) in [6, 6.07) is 4.62. The number of nitrogens with zero attached hydrogens (tertiary/aromatic N) is 1. The summed E-state index contributed by atoms with van der Waals surface area (Å²) in [5.74, 6) is 0.345. The van der Waals surface area contributed by atoms with Crippen LogP contribution in [-0.2, 0) is 10.0 Å². The molecule has 0 amide bonds. The van der Waals surface area contributed by atoms with Gasteiger partial charge in [-0.05, 0) is 38.5 Å². The fraction of sp³-hybridized carbons (Fsp3) is 0.571. The highest BCUT2D eigenvalue weighted by atomic mass is 32.2. The molecule has 20 heavy (non-hydrogen) atoms. The maximum absolute atomic E-state index is 12.7. The van der Waals surface area contributed by atoms with Crippen LogP contribution < -0.4 is 10.5 Å². The number of ether oxygens (including phenoxy) is 1. The number of hydrogen-bond donors (Lipinski definition) is 1. The standard InChI is InChI=1S/C14H24N2O3S/c1-5-7-11(3)16(4)20(17,18)14-10-12(15)8-9-13(14)19-6-2/h8-11H,5-7,15H2,1-4H3. The van der Waals surface area contributed by atoms with Crippen LogP contribution in [0.4, 0.5) is 5.69 Å². The lowest BCUT2D eigenvalue weighted by Crippen LogP contribution is -2.35. The van der Waals surface area contributed by atoms with Gasteiger partial charge >= 0.3 is 0 Å². The second kappa shape index (κ2) is 6.95. The van der Waals surface area contributed by atoms with E-state index in [9.17, 15) is 8.42 Å². The van der Waals surface area contributed by atoms with E-state index in [2.05, 4.69) is 0 Å². The van der Waals surface area contributed by atoms with Crippen molar-refractivity contribution in [1.82, 2.24) is 4.31 Å². The van der Waals surface area contributed by atoms with Crippen molar-refractivity contribution in [2.75, 3.05) is 19.4 Å². The van der Waals surface area contributed by atoms with Crippen LogP contribution in [0.5, 0.6) is 5.75 Å². The third-order valence-corrected chi connectivity index (χ3v) is 5.24. The molecule has 0 bridgehead atoms. The third kappa shape index (κ3) is 3.64. The fourth-order valence-electron chi connectivity index (χ4n) is 1.99. The van der Waals surface area contributed by atoms with Crippen LogP contribution in [0.3, 0.4) is 0 Å². The van der Waals surface area contributed by atoms with Crippen molar-refractivity contribution in [2.24, 2.45) is 0 Å². The van der Waals surface area contributed by atoms with Gasteiger partial charge in [-0.2, -0.15) is 4.31 Å². The van der Waals surface area contributed by atoms with E-state index in [-0.39, 0.29) is 10.9 Å². The summed E-state index contributed by atoms with van der Waals surface area (Å²) in [5.41, 5.74) is 6.12. The minimum Gasteiger partial charge on any atom is -0.492 e. The molecule has 0 fully saturated rings. The van der Waals surface area contributed by atoms with E-state index in [1.165, 1.54) is 10.4 Å². The second-order valence-corrected chi connectivity index (χ2v) is 6.76. The van der Waals surface area contributed by atoms with Gasteiger partial charge < -0.3 is 10.5 Å². The van der Waals surface area contributed by atoms with Gasteiger partial charge in [0.05, 0.1) is 6.61 Å². The molecule has 1 unspecified atom stereocenters. The molecule has 0 radical (unpaired) electrons. The molecular weight excluding hydrogens is 276 g/mol. The van der Waals surface area contributed by atoms with E-state index < -0.39 is 10.0 Å². The predicted molar refractivity (Wildman–Crippen MR) is 81.3 cm³/mol. The topological polar surface area (TPSA) is 72.6 Å². The normalized spacial score (nSPS) is 13.4. The van der Waals surface area contributed by atoms with E-state index in [1.807, 2.05) is 20.8 Å². The van der Waals surface area contributed by atoms with Gasteiger partial charge in [0.15, 0.2) is 0 Å². The molecule has 0 aliphatic heterocycles. The van der Waals surface area contributed by atoms with Crippen LogP contribution in [0.25, 0.3) is 0 Å². The summed E-state index contributed by atoms with van der Waals surface area (Å²) in [7, 11) is -2.02. The zero-order chi connectivity index (χ0) is 15.3. The number of nitrogen functional groups attached to an aromatic ring is 1. The highest BCUT2D eigenvalue weighted by Crippen LogP contribution is 2.29. The molecule has 1 aromatic carbocycles. The van der Waals surface area contributed by atoms with Crippen LogP contribution in [0.15, 0.2) is 23.1 Å². The summed E-state index contributed by atoms with van der Waals surface area (Å²) in [5, 5.41) is 0. The van der Waals surface area contributed by atoms with Crippen LogP contribution >= 0.6 is 0 Å². The number of hydrogen-bond acceptors (Lipinski definition) is 4. The minimum atomic E-state index is -3.61.